The monoisotopic (exact) mass is 522 g/mol. The van der Waals surface area contributed by atoms with Gasteiger partial charge in [-0.3, -0.25) is 4.79 Å². The molecule has 5 atom stereocenters. The van der Waals surface area contributed by atoms with Gasteiger partial charge in [0.1, 0.15) is 35.4 Å². The molecule has 1 aromatic heterocycles. The van der Waals surface area contributed by atoms with Gasteiger partial charge in [-0.25, -0.2) is 0 Å². The molecule has 37 heavy (non-hydrogen) atoms. The van der Waals surface area contributed by atoms with Crippen molar-refractivity contribution < 1.29 is 58.7 Å². The number of rotatable bonds is 7. The lowest BCUT2D eigenvalue weighted by Crippen LogP contribution is -2.60. The van der Waals surface area contributed by atoms with Crippen molar-refractivity contribution in [1.29, 1.82) is 0 Å². The first-order chi connectivity index (χ1) is 17.7. The first-order valence-corrected chi connectivity index (χ1v) is 11.0. The first kappa shape index (κ1) is 26.3. The molecule has 6 N–H and O–H groups in total. The van der Waals surface area contributed by atoms with E-state index < -0.39 is 48.5 Å². The summed E-state index contributed by atoms with van der Waals surface area (Å²) in [4.78, 5) is 13.3. The van der Waals surface area contributed by atoms with Crippen molar-refractivity contribution >= 4 is 11.0 Å². The third-order valence-corrected chi connectivity index (χ3v) is 5.98. The third-order valence-electron chi connectivity index (χ3n) is 5.98. The Morgan fingerprint density at radius 2 is 1.59 bits per heavy atom. The normalized spacial score (nSPS) is 23.6. The Morgan fingerprint density at radius 3 is 2.19 bits per heavy atom. The van der Waals surface area contributed by atoms with Crippen LogP contribution in [0.4, 0.5) is 0 Å². The Labute approximate surface area is 209 Å². The van der Waals surface area contributed by atoms with Crippen LogP contribution in [0.2, 0.25) is 0 Å². The molecule has 0 radical (unpaired) electrons. The number of hydrogen-bond acceptors (Lipinski definition) is 13. The van der Waals surface area contributed by atoms with E-state index in [-0.39, 0.29) is 51.0 Å². The van der Waals surface area contributed by atoms with Crippen molar-refractivity contribution in [2.45, 2.75) is 30.7 Å². The summed E-state index contributed by atoms with van der Waals surface area (Å²) in [6.07, 6.45) is -7.93. The van der Waals surface area contributed by atoms with E-state index in [4.69, 9.17) is 28.1 Å². The lowest BCUT2D eigenvalue weighted by atomic mass is 9.99. The van der Waals surface area contributed by atoms with E-state index in [2.05, 4.69) is 0 Å². The summed E-state index contributed by atoms with van der Waals surface area (Å²) < 4.78 is 32.4. The SMILES string of the molecule is COc1ccc(-c2oc3cc(O[C@@H]4OC(CO)C(O)C(O)C4O)c(OC)c(O)c3c(=O)c2OC)cc1O. The third kappa shape index (κ3) is 4.47. The smallest absolute Gasteiger partial charge is 0.239 e. The summed E-state index contributed by atoms with van der Waals surface area (Å²) in [5.74, 6) is -1.64. The number of methoxy groups -OCH3 is 3. The average Bonchev–Trinajstić information content (AvgIpc) is 2.88. The number of fused-ring (bicyclic) bond motifs is 1. The Kier molecular flexibility index (Phi) is 7.34. The Morgan fingerprint density at radius 1 is 0.892 bits per heavy atom. The minimum atomic E-state index is -1.75. The molecule has 0 bridgehead atoms. The Hall–Kier alpha value is -3.75. The minimum absolute atomic E-state index is 0.0821. The lowest BCUT2D eigenvalue weighted by molar-refractivity contribution is -0.277. The van der Waals surface area contributed by atoms with Crippen LogP contribution in [0, 0.1) is 0 Å². The molecule has 0 spiro atoms. The molecule has 4 rings (SSSR count). The lowest BCUT2D eigenvalue weighted by Gasteiger charge is -2.39. The maximum absolute atomic E-state index is 13.3. The maximum Gasteiger partial charge on any atom is 0.239 e. The predicted molar refractivity (Wildman–Crippen MR) is 125 cm³/mol. The van der Waals surface area contributed by atoms with Crippen molar-refractivity contribution in [3.8, 4) is 45.8 Å². The number of aliphatic hydroxyl groups is 4. The van der Waals surface area contributed by atoms with Gasteiger partial charge in [0.2, 0.25) is 23.2 Å². The number of ether oxygens (including phenoxy) is 5. The summed E-state index contributed by atoms with van der Waals surface area (Å²) in [5, 5.41) is 60.6. The molecule has 1 saturated heterocycles. The van der Waals surface area contributed by atoms with Gasteiger partial charge >= 0.3 is 0 Å². The highest BCUT2D eigenvalue weighted by Gasteiger charge is 2.45. The molecule has 0 saturated carbocycles. The summed E-state index contributed by atoms with van der Waals surface area (Å²) in [6, 6.07) is 5.44. The Bertz CT molecular complexity index is 1350. The van der Waals surface area contributed by atoms with E-state index in [1.807, 2.05) is 0 Å². The minimum Gasteiger partial charge on any atom is -0.504 e. The molecule has 3 aromatic rings. The van der Waals surface area contributed by atoms with E-state index in [1.54, 1.807) is 0 Å². The van der Waals surface area contributed by atoms with Gasteiger partial charge in [0.05, 0.1) is 27.9 Å². The first-order valence-electron chi connectivity index (χ1n) is 11.0. The van der Waals surface area contributed by atoms with Crippen LogP contribution in [-0.4, -0.2) is 89.3 Å². The molecule has 1 aliphatic heterocycles. The van der Waals surface area contributed by atoms with E-state index >= 15 is 0 Å². The van der Waals surface area contributed by atoms with Gasteiger partial charge in [-0.05, 0) is 18.2 Å². The second kappa shape index (κ2) is 10.3. The second-order valence-corrected chi connectivity index (χ2v) is 8.13. The fourth-order valence-corrected chi connectivity index (χ4v) is 4.06. The van der Waals surface area contributed by atoms with Crippen molar-refractivity contribution in [2.75, 3.05) is 27.9 Å². The zero-order chi connectivity index (χ0) is 27.0. The second-order valence-electron chi connectivity index (χ2n) is 8.13. The van der Waals surface area contributed by atoms with Crippen molar-refractivity contribution in [2.24, 2.45) is 0 Å². The highest BCUT2D eigenvalue weighted by atomic mass is 16.7. The fourth-order valence-electron chi connectivity index (χ4n) is 4.06. The summed E-state index contributed by atoms with van der Waals surface area (Å²) >= 11 is 0. The standard InChI is InChI=1S/C24H26O13/c1-32-11-5-4-9(6-10(11)26)21-23(34-3)18(29)15-12(35-21)7-13(22(33-2)17(15)28)36-24-20(31)19(30)16(27)14(8-25)37-24/h4-7,14,16,19-20,24-28,30-31H,8H2,1-3H3/t14?,16?,19?,20?,24-/m1/s1. The van der Waals surface area contributed by atoms with Gasteiger partial charge in [-0.15, -0.1) is 0 Å². The van der Waals surface area contributed by atoms with Crippen LogP contribution < -0.4 is 24.4 Å². The van der Waals surface area contributed by atoms with Gasteiger partial charge in [-0.1, -0.05) is 0 Å². The van der Waals surface area contributed by atoms with Gasteiger partial charge in [-0.2, -0.15) is 0 Å². The largest absolute Gasteiger partial charge is 0.504 e. The number of benzene rings is 2. The molecule has 200 valence electrons. The molecule has 4 unspecified atom stereocenters. The van der Waals surface area contributed by atoms with Gasteiger partial charge in [0, 0.05) is 11.6 Å². The molecule has 0 amide bonds. The fraction of sp³-hybridized carbons (Fsp3) is 0.375. The molecule has 2 aromatic carbocycles. The van der Waals surface area contributed by atoms with Crippen molar-refractivity contribution in [3.63, 3.8) is 0 Å². The number of hydrogen-bond donors (Lipinski definition) is 6. The van der Waals surface area contributed by atoms with Crippen LogP contribution in [0.5, 0.6) is 34.5 Å². The van der Waals surface area contributed by atoms with E-state index in [0.717, 1.165) is 0 Å². The van der Waals surface area contributed by atoms with E-state index in [9.17, 15) is 35.4 Å². The van der Waals surface area contributed by atoms with Crippen LogP contribution in [0.15, 0.2) is 33.5 Å². The van der Waals surface area contributed by atoms with Crippen LogP contribution >= 0.6 is 0 Å². The molecular weight excluding hydrogens is 496 g/mol. The zero-order valence-corrected chi connectivity index (χ0v) is 19.9. The van der Waals surface area contributed by atoms with Gasteiger partial charge in [0.25, 0.3) is 0 Å². The number of phenols is 2. The van der Waals surface area contributed by atoms with Crippen molar-refractivity contribution in [3.05, 3.63) is 34.5 Å². The average molecular weight is 522 g/mol. The predicted octanol–water partition coefficient (Wildman–Crippen LogP) is 0.0757. The molecule has 13 heteroatoms. The summed E-state index contributed by atoms with van der Waals surface area (Å²) in [7, 11) is 3.79. The molecule has 2 heterocycles. The van der Waals surface area contributed by atoms with E-state index in [1.165, 1.54) is 45.6 Å². The number of phenolic OH excluding ortho intramolecular Hbond substituents is 2. The van der Waals surface area contributed by atoms with Crippen LogP contribution in [-0.2, 0) is 4.74 Å². The number of aliphatic hydroxyl groups excluding tert-OH is 4. The van der Waals surface area contributed by atoms with Gasteiger partial charge < -0.3 is 58.7 Å². The van der Waals surface area contributed by atoms with Crippen LogP contribution in [0.1, 0.15) is 0 Å². The molecule has 1 fully saturated rings. The van der Waals surface area contributed by atoms with E-state index in [0.29, 0.717) is 0 Å². The maximum atomic E-state index is 13.3. The molecular formula is C24H26O13. The highest BCUT2D eigenvalue weighted by Crippen LogP contribution is 2.45. The molecule has 0 aliphatic carbocycles. The Balaban J connectivity index is 1.87. The van der Waals surface area contributed by atoms with Crippen LogP contribution in [0.3, 0.4) is 0 Å². The summed E-state index contributed by atoms with van der Waals surface area (Å²) in [6.45, 7) is -0.683. The molecule has 1 aliphatic rings. The molecule has 13 nitrogen and oxygen atoms in total. The highest BCUT2D eigenvalue weighted by molar-refractivity contribution is 5.91. The number of aromatic hydroxyl groups is 2. The quantitative estimate of drug-likeness (QED) is 0.244. The van der Waals surface area contributed by atoms with Crippen LogP contribution in [0.25, 0.3) is 22.3 Å². The zero-order valence-electron chi connectivity index (χ0n) is 19.9. The van der Waals surface area contributed by atoms with Gasteiger partial charge in [0.15, 0.2) is 28.8 Å². The topological polar surface area (TPSA) is 198 Å². The van der Waals surface area contributed by atoms with Crippen molar-refractivity contribution in [1.82, 2.24) is 0 Å². The summed E-state index contributed by atoms with van der Waals surface area (Å²) in [5.41, 5.74) is -0.695.